The van der Waals surface area contributed by atoms with Crippen LogP contribution in [0.1, 0.15) is 41.6 Å². The average molecular weight is 354 g/mol. The van der Waals surface area contributed by atoms with E-state index in [1.807, 2.05) is 11.8 Å². The SMILES string of the molecule is COc1nc(C)c(C(=O)N2CC[C@@](O)(C3CCOCC3)[C@H](C)C2)s1. The minimum atomic E-state index is -0.693. The number of carbonyl (C=O) groups excluding carboxylic acids is 1. The summed E-state index contributed by atoms with van der Waals surface area (Å²) in [6.07, 6.45) is 2.43. The zero-order chi connectivity index (χ0) is 17.3. The number of likely N-dealkylation sites (tertiary alicyclic amines) is 1. The van der Waals surface area contributed by atoms with Gasteiger partial charge in [-0.1, -0.05) is 18.3 Å². The third-order valence-corrected chi connectivity index (χ3v) is 6.60. The Morgan fingerprint density at radius 2 is 2.17 bits per heavy atom. The fourth-order valence-corrected chi connectivity index (χ4v) is 4.78. The molecule has 0 bridgehead atoms. The number of ether oxygens (including phenoxy) is 2. The van der Waals surface area contributed by atoms with Gasteiger partial charge >= 0.3 is 0 Å². The van der Waals surface area contributed by atoms with Gasteiger partial charge in [-0.25, -0.2) is 4.98 Å². The lowest BCUT2D eigenvalue weighted by atomic mass is 9.70. The first-order valence-electron chi connectivity index (χ1n) is 8.56. The van der Waals surface area contributed by atoms with Gasteiger partial charge in [-0.3, -0.25) is 4.79 Å². The number of aromatic nitrogens is 1. The summed E-state index contributed by atoms with van der Waals surface area (Å²) in [6, 6.07) is 0. The van der Waals surface area contributed by atoms with Crippen molar-refractivity contribution < 1.29 is 19.4 Å². The van der Waals surface area contributed by atoms with E-state index >= 15 is 0 Å². The molecular formula is C17H26N2O4S. The number of hydrogen-bond donors (Lipinski definition) is 1. The van der Waals surface area contributed by atoms with Crippen LogP contribution in [0.15, 0.2) is 0 Å². The highest BCUT2D eigenvalue weighted by molar-refractivity contribution is 7.15. The fourth-order valence-electron chi connectivity index (χ4n) is 3.93. The maximum atomic E-state index is 12.8. The topological polar surface area (TPSA) is 71.9 Å². The number of nitrogens with zero attached hydrogens (tertiary/aromatic N) is 2. The van der Waals surface area contributed by atoms with Gasteiger partial charge in [0.25, 0.3) is 11.1 Å². The molecule has 1 aromatic heterocycles. The van der Waals surface area contributed by atoms with Crippen molar-refractivity contribution in [3.63, 3.8) is 0 Å². The molecule has 3 heterocycles. The number of hydrogen-bond acceptors (Lipinski definition) is 6. The number of aryl methyl sites for hydroxylation is 1. The van der Waals surface area contributed by atoms with E-state index in [1.165, 1.54) is 11.3 Å². The van der Waals surface area contributed by atoms with Gasteiger partial charge in [0.15, 0.2) is 0 Å². The van der Waals surface area contributed by atoms with Crippen molar-refractivity contribution in [2.75, 3.05) is 33.4 Å². The number of aliphatic hydroxyl groups is 1. The van der Waals surface area contributed by atoms with Crippen LogP contribution in [0, 0.1) is 18.8 Å². The highest BCUT2D eigenvalue weighted by Gasteiger charge is 2.46. The standard InChI is InChI=1S/C17H26N2O4S/c1-11-10-19(15(20)14-12(2)18-16(22-3)24-14)7-6-17(11,21)13-4-8-23-9-5-13/h11,13,21H,4-10H2,1-3H3/t11-,17+/m1/s1. The first kappa shape index (κ1) is 17.6. The highest BCUT2D eigenvalue weighted by Crippen LogP contribution is 2.40. The van der Waals surface area contributed by atoms with Crippen LogP contribution in [-0.2, 0) is 4.74 Å². The lowest BCUT2D eigenvalue weighted by Gasteiger charge is -2.48. The van der Waals surface area contributed by atoms with Crippen LogP contribution >= 0.6 is 11.3 Å². The Morgan fingerprint density at radius 1 is 1.46 bits per heavy atom. The monoisotopic (exact) mass is 354 g/mol. The summed E-state index contributed by atoms with van der Waals surface area (Å²) in [7, 11) is 1.56. The maximum Gasteiger partial charge on any atom is 0.273 e. The van der Waals surface area contributed by atoms with Crippen LogP contribution in [0.5, 0.6) is 5.19 Å². The molecule has 2 aliphatic heterocycles. The Bertz CT molecular complexity index is 599. The Kier molecular flexibility index (Phi) is 5.13. The van der Waals surface area contributed by atoms with E-state index in [4.69, 9.17) is 9.47 Å². The normalized spacial score (nSPS) is 28.8. The molecule has 7 heteroatoms. The van der Waals surface area contributed by atoms with Gasteiger partial charge in [-0.05, 0) is 32.1 Å². The zero-order valence-corrected chi connectivity index (χ0v) is 15.4. The summed E-state index contributed by atoms with van der Waals surface area (Å²) < 4.78 is 10.6. The molecule has 0 aromatic carbocycles. The van der Waals surface area contributed by atoms with E-state index < -0.39 is 5.60 Å². The van der Waals surface area contributed by atoms with Crippen LogP contribution in [-0.4, -0.2) is 59.9 Å². The molecule has 2 atom stereocenters. The molecule has 1 amide bonds. The lowest BCUT2D eigenvalue weighted by Crippen LogP contribution is -2.56. The minimum absolute atomic E-state index is 0.00539. The number of thiazole rings is 1. The average Bonchev–Trinajstić information content (AvgIpc) is 2.98. The Balaban J connectivity index is 1.70. The third-order valence-electron chi connectivity index (χ3n) is 5.49. The molecule has 0 spiro atoms. The molecule has 6 nitrogen and oxygen atoms in total. The lowest BCUT2D eigenvalue weighted by molar-refractivity contribution is -0.125. The smallest absolute Gasteiger partial charge is 0.273 e. The van der Waals surface area contributed by atoms with Crippen LogP contribution in [0.3, 0.4) is 0 Å². The summed E-state index contributed by atoms with van der Waals surface area (Å²) in [5.74, 6) is 0.311. The Labute approximate surface area is 146 Å². The van der Waals surface area contributed by atoms with E-state index in [0.717, 1.165) is 26.1 Å². The van der Waals surface area contributed by atoms with Gasteiger partial charge in [0.1, 0.15) is 4.88 Å². The maximum absolute atomic E-state index is 12.8. The van der Waals surface area contributed by atoms with Gasteiger partial charge in [0.05, 0.1) is 18.4 Å². The van der Waals surface area contributed by atoms with Crippen LogP contribution < -0.4 is 4.74 Å². The highest BCUT2D eigenvalue weighted by atomic mass is 32.1. The first-order chi connectivity index (χ1) is 11.5. The number of methoxy groups -OCH3 is 1. The number of rotatable bonds is 3. The van der Waals surface area contributed by atoms with Crippen molar-refractivity contribution in [2.24, 2.45) is 11.8 Å². The second-order valence-corrected chi connectivity index (χ2v) is 7.84. The second kappa shape index (κ2) is 6.98. The summed E-state index contributed by atoms with van der Waals surface area (Å²) in [4.78, 5) is 19.6. The quantitative estimate of drug-likeness (QED) is 0.900. The molecular weight excluding hydrogens is 328 g/mol. The Morgan fingerprint density at radius 3 is 2.75 bits per heavy atom. The van der Waals surface area contributed by atoms with Gasteiger partial charge in [0.2, 0.25) is 0 Å². The molecule has 0 radical (unpaired) electrons. The second-order valence-electron chi connectivity index (χ2n) is 6.88. The van der Waals surface area contributed by atoms with Crippen molar-refractivity contribution in [1.29, 1.82) is 0 Å². The van der Waals surface area contributed by atoms with Crippen molar-refractivity contribution in [3.05, 3.63) is 10.6 Å². The third kappa shape index (κ3) is 3.17. The fraction of sp³-hybridized carbons (Fsp3) is 0.765. The Hall–Kier alpha value is -1.18. The molecule has 3 rings (SSSR count). The van der Waals surface area contributed by atoms with Crippen LogP contribution in [0.2, 0.25) is 0 Å². The molecule has 0 aliphatic carbocycles. The van der Waals surface area contributed by atoms with Gasteiger partial charge < -0.3 is 19.5 Å². The molecule has 1 aromatic rings. The zero-order valence-electron chi connectivity index (χ0n) is 14.6. The molecule has 2 aliphatic rings. The van der Waals surface area contributed by atoms with E-state index in [0.29, 0.717) is 35.3 Å². The molecule has 0 saturated carbocycles. The van der Waals surface area contributed by atoms with Gasteiger partial charge in [-0.2, -0.15) is 0 Å². The molecule has 2 saturated heterocycles. The summed E-state index contributed by atoms with van der Waals surface area (Å²) in [6.45, 7) is 6.49. The number of piperidine rings is 1. The van der Waals surface area contributed by atoms with Crippen LogP contribution in [0.25, 0.3) is 0 Å². The van der Waals surface area contributed by atoms with E-state index in [-0.39, 0.29) is 17.7 Å². The molecule has 0 unspecified atom stereocenters. The summed E-state index contributed by atoms with van der Waals surface area (Å²) in [5.41, 5.74) is 0.0147. The number of carbonyl (C=O) groups is 1. The molecule has 2 fully saturated rings. The van der Waals surface area contributed by atoms with E-state index in [2.05, 4.69) is 11.9 Å². The molecule has 134 valence electrons. The predicted octanol–water partition coefficient (Wildman–Crippen LogP) is 2.10. The molecule has 1 N–H and O–H groups in total. The minimum Gasteiger partial charge on any atom is -0.473 e. The first-order valence-corrected chi connectivity index (χ1v) is 9.38. The summed E-state index contributed by atoms with van der Waals surface area (Å²) >= 11 is 1.29. The van der Waals surface area contributed by atoms with E-state index in [1.54, 1.807) is 7.11 Å². The van der Waals surface area contributed by atoms with Crippen molar-refractivity contribution in [2.45, 2.75) is 38.7 Å². The van der Waals surface area contributed by atoms with Gasteiger partial charge in [0, 0.05) is 32.2 Å². The summed E-state index contributed by atoms with van der Waals surface area (Å²) in [5, 5.41) is 11.7. The van der Waals surface area contributed by atoms with E-state index in [9.17, 15) is 9.90 Å². The van der Waals surface area contributed by atoms with Crippen LogP contribution in [0.4, 0.5) is 0 Å². The van der Waals surface area contributed by atoms with Crippen molar-refractivity contribution in [3.8, 4) is 5.19 Å². The van der Waals surface area contributed by atoms with Gasteiger partial charge in [-0.15, -0.1) is 0 Å². The van der Waals surface area contributed by atoms with Crippen molar-refractivity contribution >= 4 is 17.2 Å². The number of amides is 1. The molecule has 24 heavy (non-hydrogen) atoms. The predicted molar refractivity (Wildman–Crippen MR) is 91.6 cm³/mol. The van der Waals surface area contributed by atoms with Crippen molar-refractivity contribution in [1.82, 2.24) is 9.88 Å². The largest absolute Gasteiger partial charge is 0.473 e.